The zero-order chi connectivity index (χ0) is 16.1. The van der Waals surface area contributed by atoms with Gasteiger partial charge in [-0.05, 0) is 23.8 Å². The van der Waals surface area contributed by atoms with Crippen LogP contribution >= 0.6 is 0 Å². The van der Waals surface area contributed by atoms with Crippen molar-refractivity contribution in [3.8, 4) is 11.4 Å². The fourth-order valence-corrected chi connectivity index (χ4v) is 2.58. The molecule has 0 amide bonds. The standard InChI is InChI=1S/C16H21N7/c1-3-15-17-7-8-23(15)11-12(2)18-10-13-5-4-6-14(9-13)16-19-21-22-20-16/h4-9,12,18H,3,10-11H2,1-2H3,(H,19,20,21,22). The van der Waals surface area contributed by atoms with Crippen LogP contribution < -0.4 is 5.32 Å². The van der Waals surface area contributed by atoms with Gasteiger partial charge in [-0.1, -0.05) is 25.1 Å². The van der Waals surface area contributed by atoms with Gasteiger partial charge in [-0.2, -0.15) is 5.21 Å². The predicted octanol–water partition coefficient (Wildman–Crippen LogP) is 1.80. The number of aryl methyl sites for hydroxylation is 1. The molecule has 7 heteroatoms. The highest BCUT2D eigenvalue weighted by molar-refractivity contribution is 5.54. The molecule has 2 N–H and O–H groups in total. The van der Waals surface area contributed by atoms with E-state index in [1.165, 1.54) is 5.56 Å². The molecule has 3 rings (SSSR count). The first-order chi connectivity index (χ1) is 11.3. The summed E-state index contributed by atoms with van der Waals surface area (Å²) in [4.78, 5) is 4.36. The smallest absolute Gasteiger partial charge is 0.204 e. The van der Waals surface area contributed by atoms with Crippen molar-refractivity contribution >= 4 is 0 Å². The predicted molar refractivity (Wildman–Crippen MR) is 87.5 cm³/mol. The fourth-order valence-electron chi connectivity index (χ4n) is 2.58. The Morgan fingerprint density at radius 2 is 2.26 bits per heavy atom. The van der Waals surface area contributed by atoms with Crippen molar-refractivity contribution in [1.29, 1.82) is 0 Å². The third-order valence-electron chi connectivity index (χ3n) is 3.77. The summed E-state index contributed by atoms with van der Waals surface area (Å²) in [7, 11) is 0. The number of hydrogen-bond donors (Lipinski definition) is 2. The molecule has 0 saturated carbocycles. The Labute approximate surface area is 135 Å². The van der Waals surface area contributed by atoms with E-state index in [0.717, 1.165) is 30.9 Å². The molecular formula is C16H21N7. The third kappa shape index (κ3) is 3.81. The SMILES string of the molecule is CCc1nccn1CC(C)NCc1cccc(-c2nn[nH]n2)c1. The second-order valence-corrected chi connectivity index (χ2v) is 5.57. The maximum atomic E-state index is 4.36. The topological polar surface area (TPSA) is 84.3 Å². The fraction of sp³-hybridized carbons (Fsp3) is 0.375. The molecule has 0 fully saturated rings. The maximum absolute atomic E-state index is 4.36. The molecule has 3 aromatic rings. The van der Waals surface area contributed by atoms with Gasteiger partial charge in [0.25, 0.3) is 0 Å². The summed E-state index contributed by atoms with van der Waals surface area (Å²) in [5.74, 6) is 1.74. The molecule has 0 aliphatic rings. The van der Waals surface area contributed by atoms with E-state index in [4.69, 9.17) is 0 Å². The Kier molecular flexibility index (Phi) is 4.77. The van der Waals surface area contributed by atoms with Crippen molar-refractivity contribution in [3.63, 3.8) is 0 Å². The monoisotopic (exact) mass is 311 g/mol. The lowest BCUT2D eigenvalue weighted by molar-refractivity contribution is 0.468. The molecule has 2 heterocycles. The molecule has 0 aliphatic carbocycles. The number of aromatic amines is 1. The second kappa shape index (κ2) is 7.15. The van der Waals surface area contributed by atoms with E-state index in [-0.39, 0.29) is 0 Å². The van der Waals surface area contributed by atoms with Crippen molar-refractivity contribution in [1.82, 2.24) is 35.5 Å². The van der Waals surface area contributed by atoms with E-state index in [0.29, 0.717) is 11.9 Å². The van der Waals surface area contributed by atoms with E-state index in [1.807, 2.05) is 24.5 Å². The average molecular weight is 311 g/mol. The molecule has 0 saturated heterocycles. The van der Waals surface area contributed by atoms with Gasteiger partial charge in [0.1, 0.15) is 5.82 Å². The van der Waals surface area contributed by atoms with Crippen molar-refractivity contribution in [3.05, 3.63) is 48.0 Å². The number of imidazole rings is 1. The van der Waals surface area contributed by atoms with Crippen LogP contribution in [0, 0.1) is 0 Å². The van der Waals surface area contributed by atoms with Gasteiger partial charge < -0.3 is 9.88 Å². The van der Waals surface area contributed by atoms with E-state index in [2.05, 4.69) is 61.5 Å². The number of nitrogens with zero attached hydrogens (tertiary/aromatic N) is 5. The van der Waals surface area contributed by atoms with Crippen LogP contribution in [0.5, 0.6) is 0 Å². The van der Waals surface area contributed by atoms with Crippen LogP contribution in [0.15, 0.2) is 36.7 Å². The first kappa shape index (κ1) is 15.4. The van der Waals surface area contributed by atoms with Crippen LogP contribution in [0.3, 0.4) is 0 Å². The molecule has 1 aromatic carbocycles. The normalized spacial score (nSPS) is 12.4. The Balaban J connectivity index is 1.59. The Morgan fingerprint density at radius 1 is 1.35 bits per heavy atom. The van der Waals surface area contributed by atoms with Gasteiger partial charge in [0, 0.05) is 43.5 Å². The summed E-state index contributed by atoms with van der Waals surface area (Å²) in [5, 5.41) is 17.7. The highest BCUT2D eigenvalue weighted by Gasteiger charge is 2.07. The zero-order valence-corrected chi connectivity index (χ0v) is 13.4. The van der Waals surface area contributed by atoms with Crippen molar-refractivity contribution in [2.75, 3.05) is 0 Å². The largest absolute Gasteiger partial charge is 0.333 e. The van der Waals surface area contributed by atoms with Crippen LogP contribution in [0.4, 0.5) is 0 Å². The lowest BCUT2D eigenvalue weighted by Crippen LogP contribution is -2.30. The van der Waals surface area contributed by atoms with Crippen LogP contribution in [0.25, 0.3) is 11.4 Å². The number of rotatable bonds is 7. The molecular weight excluding hydrogens is 290 g/mol. The van der Waals surface area contributed by atoms with Crippen LogP contribution in [-0.4, -0.2) is 36.2 Å². The van der Waals surface area contributed by atoms with E-state index in [1.54, 1.807) is 0 Å². The molecule has 2 aromatic heterocycles. The minimum Gasteiger partial charge on any atom is -0.333 e. The van der Waals surface area contributed by atoms with Gasteiger partial charge in [0.05, 0.1) is 0 Å². The average Bonchev–Trinajstić information content (AvgIpc) is 3.24. The van der Waals surface area contributed by atoms with Gasteiger partial charge in [-0.15, -0.1) is 10.2 Å². The Morgan fingerprint density at radius 3 is 3.04 bits per heavy atom. The van der Waals surface area contributed by atoms with Gasteiger partial charge in [0.2, 0.25) is 5.82 Å². The number of nitrogens with one attached hydrogen (secondary N) is 2. The quantitative estimate of drug-likeness (QED) is 0.695. The second-order valence-electron chi connectivity index (χ2n) is 5.57. The third-order valence-corrected chi connectivity index (χ3v) is 3.77. The summed E-state index contributed by atoms with van der Waals surface area (Å²) >= 11 is 0. The molecule has 120 valence electrons. The summed E-state index contributed by atoms with van der Waals surface area (Å²) in [5.41, 5.74) is 2.16. The number of hydrogen-bond acceptors (Lipinski definition) is 5. The molecule has 0 bridgehead atoms. The Hall–Kier alpha value is -2.54. The first-order valence-corrected chi connectivity index (χ1v) is 7.82. The van der Waals surface area contributed by atoms with Crippen molar-refractivity contribution < 1.29 is 0 Å². The minimum absolute atomic E-state index is 0.350. The van der Waals surface area contributed by atoms with Crippen LogP contribution in [0.1, 0.15) is 25.2 Å². The van der Waals surface area contributed by atoms with Crippen LogP contribution in [-0.2, 0) is 19.5 Å². The molecule has 23 heavy (non-hydrogen) atoms. The Bertz CT molecular complexity index is 732. The van der Waals surface area contributed by atoms with E-state index >= 15 is 0 Å². The molecule has 7 nitrogen and oxygen atoms in total. The van der Waals surface area contributed by atoms with Crippen molar-refractivity contribution in [2.24, 2.45) is 0 Å². The summed E-state index contributed by atoms with van der Waals surface area (Å²) in [6.07, 6.45) is 4.85. The summed E-state index contributed by atoms with van der Waals surface area (Å²) in [6.45, 7) is 6.01. The highest BCUT2D eigenvalue weighted by Crippen LogP contribution is 2.15. The van der Waals surface area contributed by atoms with Crippen molar-refractivity contribution in [2.45, 2.75) is 39.4 Å². The molecule has 1 unspecified atom stereocenters. The van der Waals surface area contributed by atoms with Gasteiger partial charge in [0.15, 0.2) is 0 Å². The lowest BCUT2D eigenvalue weighted by Gasteiger charge is -2.16. The van der Waals surface area contributed by atoms with Gasteiger partial charge in [-0.25, -0.2) is 4.98 Å². The maximum Gasteiger partial charge on any atom is 0.204 e. The summed E-state index contributed by atoms with van der Waals surface area (Å²) < 4.78 is 2.20. The van der Waals surface area contributed by atoms with Gasteiger partial charge in [-0.3, -0.25) is 0 Å². The molecule has 0 aliphatic heterocycles. The lowest BCUT2D eigenvalue weighted by atomic mass is 10.1. The number of benzene rings is 1. The highest BCUT2D eigenvalue weighted by atomic mass is 15.5. The van der Waals surface area contributed by atoms with E-state index in [9.17, 15) is 0 Å². The number of tetrazole rings is 1. The first-order valence-electron chi connectivity index (χ1n) is 7.82. The van der Waals surface area contributed by atoms with Crippen LogP contribution in [0.2, 0.25) is 0 Å². The number of H-pyrrole nitrogens is 1. The molecule has 0 radical (unpaired) electrons. The zero-order valence-electron chi connectivity index (χ0n) is 13.4. The molecule has 0 spiro atoms. The molecule has 1 atom stereocenters. The minimum atomic E-state index is 0.350. The van der Waals surface area contributed by atoms with E-state index < -0.39 is 0 Å². The number of aromatic nitrogens is 6. The summed E-state index contributed by atoms with van der Waals surface area (Å²) in [6, 6.07) is 8.52. The van der Waals surface area contributed by atoms with Gasteiger partial charge >= 0.3 is 0 Å².